The summed E-state index contributed by atoms with van der Waals surface area (Å²) in [7, 11) is 0. The second-order valence-electron chi connectivity index (χ2n) is 5.43. The molecule has 6 heteroatoms. The monoisotopic (exact) mass is 283 g/mol. The van der Waals surface area contributed by atoms with Gasteiger partial charge in [0.1, 0.15) is 0 Å². The second-order valence-corrected chi connectivity index (χ2v) is 6.72. The molecule has 0 spiro atoms. The molecule has 2 atom stereocenters. The number of rotatable bonds is 4. The lowest BCUT2D eigenvalue weighted by Gasteiger charge is -2.20. The van der Waals surface area contributed by atoms with Crippen LogP contribution in [0.25, 0.3) is 0 Å². The van der Waals surface area contributed by atoms with Crippen LogP contribution in [0, 0.1) is 0 Å². The van der Waals surface area contributed by atoms with Crippen molar-refractivity contribution < 1.29 is 9.26 Å². The predicted molar refractivity (Wildman–Crippen MR) is 74.0 cm³/mol. The highest BCUT2D eigenvalue weighted by Crippen LogP contribution is 2.30. The van der Waals surface area contributed by atoms with E-state index < -0.39 is 0 Å². The lowest BCUT2D eigenvalue weighted by Crippen LogP contribution is -2.27. The molecule has 19 heavy (non-hydrogen) atoms. The van der Waals surface area contributed by atoms with Gasteiger partial charge < -0.3 is 15.0 Å². The standard InChI is InChI=1S/C13H21N3O2S/c14-11-7-17-6-10(11)13-15-12(16-18-13)8-19-9-4-2-1-3-5-9/h9-11H,1-8,14H2. The van der Waals surface area contributed by atoms with E-state index in [1.807, 2.05) is 11.8 Å². The SMILES string of the molecule is NC1COCC1c1nc(CSC2CCCCC2)no1. The summed E-state index contributed by atoms with van der Waals surface area (Å²) in [5.41, 5.74) is 5.95. The molecule has 1 aliphatic heterocycles. The minimum atomic E-state index is -0.0145. The van der Waals surface area contributed by atoms with Crippen LogP contribution in [0.5, 0.6) is 0 Å². The van der Waals surface area contributed by atoms with Crippen molar-refractivity contribution in [2.45, 2.75) is 55.1 Å². The van der Waals surface area contributed by atoms with Crippen LogP contribution in [-0.2, 0) is 10.5 Å². The molecule has 2 fully saturated rings. The lowest BCUT2D eigenvalue weighted by molar-refractivity contribution is 0.187. The van der Waals surface area contributed by atoms with Gasteiger partial charge in [0.25, 0.3) is 0 Å². The van der Waals surface area contributed by atoms with E-state index in [9.17, 15) is 0 Å². The summed E-state index contributed by atoms with van der Waals surface area (Å²) in [4.78, 5) is 4.47. The lowest BCUT2D eigenvalue weighted by atomic mass is 10.0. The number of ether oxygens (including phenoxy) is 1. The third-order valence-electron chi connectivity index (χ3n) is 3.93. The Balaban J connectivity index is 1.52. The first-order chi connectivity index (χ1) is 9.33. The molecular formula is C13H21N3O2S. The van der Waals surface area contributed by atoms with Gasteiger partial charge in [0.2, 0.25) is 5.89 Å². The topological polar surface area (TPSA) is 74.2 Å². The van der Waals surface area contributed by atoms with E-state index in [2.05, 4.69) is 10.1 Å². The molecule has 1 aliphatic carbocycles. The van der Waals surface area contributed by atoms with Crippen molar-refractivity contribution in [3.05, 3.63) is 11.7 Å². The number of hydrogen-bond acceptors (Lipinski definition) is 6. The van der Waals surface area contributed by atoms with Crippen LogP contribution in [0.15, 0.2) is 4.52 Å². The number of aromatic nitrogens is 2. The van der Waals surface area contributed by atoms with Gasteiger partial charge >= 0.3 is 0 Å². The molecule has 1 saturated carbocycles. The van der Waals surface area contributed by atoms with Gasteiger partial charge in [-0.25, -0.2) is 0 Å². The van der Waals surface area contributed by atoms with E-state index in [0.29, 0.717) is 19.1 Å². The highest BCUT2D eigenvalue weighted by atomic mass is 32.2. The Hall–Kier alpha value is -0.590. The Labute approximate surface area is 117 Å². The van der Waals surface area contributed by atoms with E-state index in [-0.39, 0.29) is 12.0 Å². The van der Waals surface area contributed by atoms with E-state index >= 15 is 0 Å². The Morgan fingerprint density at radius 3 is 2.79 bits per heavy atom. The van der Waals surface area contributed by atoms with Gasteiger partial charge in [0.05, 0.1) is 24.9 Å². The van der Waals surface area contributed by atoms with Gasteiger partial charge in [-0.05, 0) is 12.8 Å². The van der Waals surface area contributed by atoms with Crippen molar-refractivity contribution in [1.82, 2.24) is 10.1 Å². The molecule has 0 amide bonds. The maximum absolute atomic E-state index is 5.95. The molecule has 0 bridgehead atoms. The predicted octanol–water partition coefficient (Wildman–Crippen LogP) is 2.08. The molecule has 2 N–H and O–H groups in total. The molecule has 1 aromatic rings. The normalized spacial score (nSPS) is 28.9. The Morgan fingerprint density at radius 1 is 1.21 bits per heavy atom. The van der Waals surface area contributed by atoms with Crippen molar-refractivity contribution in [2.24, 2.45) is 5.73 Å². The smallest absolute Gasteiger partial charge is 0.233 e. The Morgan fingerprint density at radius 2 is 2.05 bits per heavy atom. The number of nitrogens with zero attached hydrogens (tertiary/aromatic N) is 2. The molecular weight excluding hydrogens is 262 g/mol. The van der Waals surface area contributed by atoms with Crippen molar-refractivity contribution in [2.75, 3.05) is 13.2 Å². The molecule has 106 valence electrons. The minimum absolute atomic E-state index is 0.0145. The fraction of sp³-hybridized carbons (Fsp3) is 0.846. The highest BCUT2D eigenvalue weighted by Gasteiger charge is 2.31. The van der Waals surface area contributed by atoms with Crippen LogP contribution >= 0.6 is 11.8 Å². The summed E-state index contributed by atoms with van der Waals surface area (Å²) in [5.74, 6) is 2.35. The molecule has 2 unspecified atom stereocenters. The maximum atomic E-state index is 5.95. The molecule has 0 aromatic carbocycles. The van der Waals surface area contributed by atoms with Crippen molar-refractivity contribution in [3.8, 4) is 0 Å². The summed E-state index contributed by atoms with van der Waals surface area (Å²) in [6.45, 7) is 1.18. The summed E-state index contributed by atoms with van der Waals surface area (Å²) in [5, 5.41) is 4.83. The average Bonchev–Trinajstić information content (AvgIpc) is 3.06. The Kier molecular flexibility index (Phi) is 4.40. The van der Waals surface area contributed by atoms with Gasteiger partial charge in [-0.1, -0.05) is 24.4 Å². The fourth-order valence-corrected chi connectivity index (χ4v) is 3.89. The van der Waals surface area contributed by atoms with Gasteiger partial charge in [0.15, 0.2) is 5.82 Å². The van der Waals surface area contributed by atoms with Crippen molar-refractivity contribution in [1.29, 1.82) is 0 Å². The van der Waals surface area contributed by atoms with Gasteiger partial charge in [0, 0.05) is 11.3 Å². The third-order valence-corrected chi connectivity index (χ3v) is 5.29. The van der Waals surface area contributed by atoms with E-state index in [0.717, 1.165) is 16.8 Å². The summed E-state index contributed by atoms with van der Waals surface area (Å²) in [6, 6.07) is -0.0145. The van der Waals surface area contributed by atoms with E-state index in [1.165, 1.54) is 32.1 Å². The third kappa shape index (κ3) is 3.30. The van der Waals surface area contributed by atoms with Crippen LogP contribution < -0.4 is 5.73 Å². The molecule has 3 rings (SSSR count). The molecule has 1 aromatic heterocycles. The maximum Gasteiger partial charge on any atom is 0.233 e. The fourth-order valence-electron chi connectivity index (χ4n) is 2.73. The largest absolute Gasteiger partial charge is 0.379 e. The first kappa shape index (κ1) is 13.4. The zero-order valence-corrected chi connectivity index (χ0v) is 11.9. The number of thioether (sulfide) groups is 1. The second kappa shape index (κ2) is 6.24. The van der Waals surface area contributed by atoms with Gasteiger partial charge in [-0.3, -0.25) is 0 Å². The Bertz CT molecular complexity index is 406. The van der Waals surface area contributed by atoms with Crippen molar-refractivity contribution >= 4 is 11.8 Å². The van der Waals surface area contributed by atoms with Crippen LogP contribution in [0.3, 0.4) is 0 Å². The van der Waals surface area contributed by atoms with Gasteiger partial charge in [-0.2, -0.15) is 16.7 Å². The molecule has 2 heterocycles. The van der Waals surface area contributed by atoms with E-state index in [1.54, 1.807) is 0 Å². The van der Waals surface area contributed by atoms with Crippen LogP contribution in [0.2, 0.25) is 0 Å². The average molecular weight is 283 g/mol. The number of hydrogen-bond donors (Lipinski definition) is 1. The summed E-state index contributed by atoms with van der Waals surface area (Å²) in [6.07, 6.45) is 6.78. The zero-order valence-electron chi connectivity index (χ0n) is 11.1. The van der Waals surface area contributed by atoms with Crippen LogP contribution in [-0.4, -0.2) is 34.6 Å². The molecule has 0 radical (unpaired) electrons. The highest BCUT2D eigenvalue weighted by molar-refractivity contribution is 7.99. The van der Waals surface area contributed by atoms with Crippen LogP contribution in [0.4, 0.5) is 0 Å². The quantitative estimate of drug-likeness (QED) is 0.912. The molecule has 1 saturated heterocycles. The number of nitrogens with two attached hydrogens (primary N) is 1. The molecule has 5 nitrogen and oxygen atoms in total. The summed E-state index contributed by atoms with van der Waals surface area (Å²) >= 11 is 1.96. The van der Waals surface area contributed by atoms with Crippen molar-refractivity contribution in [3.63, 3.8) is 0 Å². The first-order valence-electron chi connectivity index (χ1n) is 7.10. The zero-order chi connectivity index (χ0) is 13.1. The van der Waals surface area contributed by atoms with Gasteiger partial charge in [-0.15, -0.1) is 0 Å². The van der Waals surface area contributed by atoms with Crippen LogP contribution in [0.1, 0.15) is 49.7 Å². The molecule has 2 aliphatic rings. The van der Waals surface area contributed by atoms with E-state index in [4.69, 9.17) is 15.0 Å². The first-order valence-corrected chi connectivity index (χ1v) is 8.15. The summed E-state index contributed by atoms with van der Waals surface area (Å²) < 4.78 is 10.7. The minimum Gasteiger partial charge on any atom is -0.379 e.